The van der Waals surface area contributed by atoms with Crippen LogP contribution >= 0.6 is 0 Å². The van der Waals surface area contributed by atoms with Crippen molar-refractivity contribution >= 4 is 5.95 Å². The molecule has 1 N–H and O–H groups in total. The zero-order valence-electron chi connectivity index (χ0n) is 11.9. The van der Waals surface area contributed by atoms with E-state index in [1.54, 1.807) is 0 Å². The molecule has 0 spiro atoms. The Balaban J connectivity index is 1.58. The van der Waals surface area contributed by atoms with Crippen LogP contribution in [0.1, 0.15) is 20.3 Å². The number of hydrogen-bond acceptors (Lipinski definition) is 5. The molecule has 0 saturated carbocycles. The van der Waals surface area contributed by atoms with Crippen molar-refractivity contribution in [2.75, 3.05) is 25.0 Å². The Labute approximate surface area is 118 Å². The lowest BCUT2D eigenvalue weighted by molar-refractivity contribution is -0.0683. The summed E-state index contributed by atoms with van der Waals surface area (Å²) in [6.07, 6.45) is 3.73. The number of fused-ring (bicyclic) bond motifs is 1. The SMILES string of the molecule is CC(C)[C@H]1CN2C[C@H](Nc3ncc(F)cn3)C[C@H]2CO1. The first kappa shape index (κ1) is 13.7. The van der Waals surface area contributed by atoms with Crippen LogP contribution in [0.15, 0.2) is 12.4 Å². The lowest BCUT2D eigenvalue weighted by atomic mass is 10.0. The summed E-state index contributed by atoms with van der Waals surface area (Å²) in [6.45, 7) is 7.15. The van der Waals surface area contributed by atoms with Gasteiger partial charge in [-0.1, -0.05) is 13.8 Å². The smallest absolute Gasteiger partial charge is 0.223 e. The second kappa shape index (κ2) is 5.61. The van der Waals surface area contributed by atoms with Crippen molar-refractivity contribution in [2.45, 2.75) is 38.5 Å². The van der Waals surface area contributed by atoms with Crippen LogP contribution in [-0.4, -0.2) is 52.8 Å². The molecule has 3 atom stereocenters. The van der Waals surface area contributed by atoms with E-state index in [1.807, 2.05) is 0 Å². The molecule has 0 aliphatic carbocycles. The maximum absolute atomic E-state index is 12.8. The van der Waals surface area contributed by atoms with Gasteiger partial charge in [0, 0.05) is 25.2 Å². The number of ether oxygens (including phenoxy) is 1. The van der Waals surface area contributed by atoms with Gasteiger partial charge in [-0.15, -0.1) is 0 Å². The van der Waals surface area contributed by atoms with Gasteiger partial charge >= 0.3 is 0 Å². The minimum Gasteiger partial charge on any atom is -0.375 e. The third kappa shape index (κ3) is 2.91. The van der Waals surface area contributed by atoms with E-state index in [-0.39, 0.29) is 0 Å². The quantitative estimate of drug-likeness (QED) is 0.910. The van der Waals surface area contributed by atoms with Gasteiger partial charge in [-0.2, -0.15) is 0 Å². The molecule has 5 nitrogen and oxygen atoms in total. The third-order valence-corrected chi connectivity index (χ3v) is 4.14. The highest BCUT2D eigenvalue weighted by atomic mass is 19.1. The van der Waals surface area contributed by atoms with Crippen LogP contribution in [0.2, 0.25) is 0 Å². The molecule has 1 aromatic heterocycles. The molecule has 6 heteroatoms. The lowest BCUT2D eigenvalue weighted by Gasteiger charge is -2.36. The average Bonchev–Trinajstić information content (AvgIpc) is 2.82. The number of hydrogen-bond donors (Lipinski definition) is 1. The molecule has 0 unspecified atom stereocenters. The number of aromatic nitrogens is 2. The van der Waals surface area contributed by atoms with Crippen molar-refractivity contribution in [3.8, 4) is 0 Å². The minimum absolute atomic E-state index is 0.306. The zero-order chi connectivity index (χ0) is 14.1. The van der Waals surface area contributed by atoms with E-state index in [9.17, 15) is 4.39 Å². The van der Waals surface area contributed by atoms with Gasteiger partial charge in [0.1, 0.15) is 0 Å². The predicted molar refractivity (Wildman–Crippen MR) is 74.0 cm³/mol. The van der Waals surface area contributed by atoms with E-state index in [0.717, 1.165) is 26.1 Å². The molecule has 2 aliphatic rings. The van der Waals surface area contributed by atoms with Crippen molar-refractivity contribution < 1.29 is 9.13 Å². The van der Waals surface area contributed by atoms with Gasteiger partial charge in [-0.3, -0.25) is 4.90 Å². The van der Waals surface area contributed by atoms with Crippen LogP contribution in [-0.2, 0) is 4.74 Å². The Morgan fingerprint density at radius 3 is 2.80 bits per heavy atom. The van der Waals surface area contributed by atoms with Gasteiger partial charge in [0.2, 0.25) is 5.95 Å². The maximum atomic E-state index is 12.8. The summed E-state index contributed by atoms with van der Waals surface area (Å²) < 4.78 is 18.7. The molecular weight excluding hydrogens is 259 g/mol. The van der Waals surface area contributed by atoms with E-state index in [0.29, 0.717) is 30.1 Å². The summed E-state index contributed by atoms with van der Waals surface area (Å²) in [5.41, 5.74) is 0. The molecule has 1 aromatic rings. The monoisotopic (exact) mass is 280 g/mol. The van der Waals surface area contributed by atoms with E-state index >= 15 is 0 Å². The zero-order valence-corrected chi connectivity index (χ0v) is 11.9. The minimum atomic E-state index is -0.410. The Hall–Kier alpha value is -1.27. The number of morpholine rings is 1. The first-order valence-corrected chi connectivity index (χ1v) is 7.21. The Morgan fingerprint density at radius 2 is 2.10 bits per heavy atom. The first-order chi connectivity index (χ1) is 9.61. The van der Waals surface area contributed by atoms with Gasteiger partial charge < -0.3 is 10.1 Å². The van der Waals surface area contributed by atoms with Crippen LogP contribution in [0, 0.1) is 11.7 Å². The molecular formula is C14H21FN4O. The summed E-state index contributed by atoms with van der Waals surface area (Å²) in [5, 5.41) is 3.28. The van der Waals surface area contributed by atoms with E-state index in [1.165, 1.54) is 12.4 Å². The van der Waals surface area contributed by atoms with E-state index in [4.69, 9.17) is 4.74 Å². The van der Waals surface area contributed by atoms with Crippen molar-refractivity contribution in [2.24, 2.45) is 5.92 Å². The highest BCUT2D eigenvalue weighted by molar-refractivity contribution is 5.25. The molecule has 0 aromatic carbocycles. The molecule has 20 heavy (non-hydrogen) atoms. The number of halogens is 1. The van der Waals surface area contributed by atoms with Gasteiger partial charge in [0.05, 0.1) is 25.1 Å². The highest BCUT2D eigenvalue weighted by Crippen LogP contribution is 2.26. The Morgan fingerprint density at radius 1 is 1.35 bits per heavy atom. The van der Waals surface area contributed by atoms with Crippen LogP contribution < -0.4 is 5.32 Å². The molecule has 2 aliphatic heterocycles. The fourth-order valence-electron chi connectivity index (χ4n) is 2.98. The fraction of sp³-hybridized carbons (Fsp3) is 0.714. The van der Waals surface area contributed by atoms with Gasteiger partial charge in [-0.25, -0.2) is 14.4 Å². The summed E-state index contributed by atoms with van der Waals surface area (Å²) in [7, 11) is 0. The number of nitrogens with zero attached hydrogens (tertiary/aromatic N) is 3. The average molecular weight is 280 g/mol. The maximum Gasteiger partial charge on any atom is 0.223 e. The third-order valence-electron chi connectivity index (χ3n) is 4.14. The summed E-state index contributed by atoms with van der Waals surface area (Å²) in [4.78, 5) is 10.4. The fourth-order valence-corrected chi connectivity index (χ4v) is 2.98. The lowest BCUT2D eigenvalue weighted by Crippen LogP contribution is -2.48. The molecule has 2 saturated heterocycles. The van der Waals surface area contributed by atoms with Crippen LogP contribution in [0.3, 0.4) is 0 Å². The largest absolute Gasteiger partial charge is 0.375 e. The molecule has 3 rings (SSSR count). The van der Waals surface area contributed by atoms with Crippen molar-refractivity contribution in [1.82, 2.24) is 14.9 Å². The summed E-state index contributed by atoms with van der Waals surface area (Å²) in [5.74, 6) is 0.633. The Bertz CT molecular complexity index is 453. The second-order valence-electron chi connectivity index (χ2n) is 6.03. The molecule has 110 valence electrons. The van der Waals surface area contributed by atoms with E-state index < -0.39 is 5.82 Å². The number of nitrogens with one attached hydrogen (secondary N) is 1. The number of rotatable bonds is 3. The highest BCUT2D eigenvalue weighted by Gasteiger charge is 2.38. The molecule has 0 amide bonds. The normalized spacial score (nSPS) is 30.5. The van der Waals surface area contributed by atoms with Crippen LogP contribution in [0.25, 0.3) is 0 Å². The first-order valence-electron chi connectivity index (χ1n) is 7.21. The van der Waals surface area contributed by atoms with Gasteiger partial charge in [0.25, 0.3) is 0 Å². The van der Waals surface area contributed by atoms with Crippen LogP contribution in [0.4, 0.5) is 10.3 Å². The van der Waals surface area contributed by atoms with Gasteiger partial charge in [0.15, 0.2) is 5.82 Å². The van der Waals surface area contributed by atoms with E-state index in [2.05, 4.69) is 34.0 Å². The van der Waals surface area contributed by atoms with Crippen LogP contribution in [0.5, 0.6) is 0 Å². The molecule has 0 bridgehead atoms. The van der Waals surface area contributed by atoms with Crippen molar-refractivity contribution in [3.05, 3.63) is 18.2 Å². The summed E-state index contributed by atoms with van der Waals surface area (Å²) >= 11 is 0. The number of anilines is 1. The van der Waals surface area contributed by atoms with Crippen molar-refractivity contribution in [1.29, 1.82) is 0 Å². The standard InChI is InChI=1S/C14H21FN4O/c1-9(2)13-7-19-6-11(3-12(19)8-20-13)18-14-16-4-10(15)5-17-14/h4-5,9,11-13H,3,6-8H2,1-2H3,(H,16,17,18)/t11-,12+,13-/m1/s1. The topological polar surface area (TPSA) is 50.3 Å². The molecule has 2 fully saturated rings. The predicted octanol–water partition coefficient (Wildman–Crippen LogP) is 1.53. The summed E-state index contributed by atoms with van der Waals surface area (Å²) in [6, 6.07) is 0.780. The molecule has 0 radical (unpaired) electrons. The van der Waals surface area contributed by atoms with Crippen molar-refractivity contribution in [3.63, 3.8) is 0 Å². The molecule has 3 heterocycles. The van der Waals surface area contributed by atoms with Gasteiger partial charge in [-0.05, 0) is 12.3 Å². The Kier molecular flexibility index (Phi) is 3.85. The second-order valence-corrected chi connectivity index (χ2v) is 6.03.